The van der Waals surface area contributed by atoms with Crippen molar-refractivity contribution in [2.45, 2.75) is 38.3 Å². The molecule has 0 unspecified atom stereocenters. The SMILES string of the molecule is Cc1ccc(C(=O)N[C@@H]2CS(=O)(=O)C[C@H]2N2CCCCC2)o1. The first-order chi connectivity index (χ1) is 10.4. The van der Waals surface area contributed by atoms with E-state index >= 15 is 0 Å². The third-order valence-electron chi connectivity index (χ3n) is 4.46. The maximum atomic E-state index is 12.2. The molecule has 0 aromatic carbocycles. The highest BCUT2D eigenvalue weighted by molar-refractivity contribution is 7.91. The van der Waals surface area contributed by atoms with Gasteiger partial charge in [-0.1, -0.05) is 6.42 Å². The molecule has 0 saturated carbocycles. The standard InChI is InChI=1S/C15H22N2O4S/c1-11-5-6-14(21-11)15(18)16-12-9-22(19,20)10-13(12)17-7-3-2-4-8-17/h5-6,12-13H,2-4,7-10H2,1H3,(H,16,18)/t12-,13-/m1/s1. The Bertz CT molecular complexity index is 646. The molecule has 0 aliphatic carbocycles. The monoisotopic (exact) mass is 326 g/mol. The van der Waals surface area contributed by atoms with Crippen LogP contribution in [-0.2, 0) is 9.84 Å². The van der Waals surface area contributed by atoms with Crippen LogP contribution in [0.15, 0.2) is 16.5 Å². The summed E-state index contributed by atoms with van der Waals surface area (Å²) in [5.74, 6) is 0.711. The predicted molar refractivity (Wildman–Crippen MR) is 82.6 cm³/mol. The van der Waals surface area contributed by atoms with Crippen molar-refractivity contribution in [3.63, 3.8) is 0 Å². The first-order valence-electron chi connectivity index (χ1n) is 7.76. The Morgan fingerprint density at radius 2 is 1.95 bits per heavy atom. The average Bonchev–Trinajstić information content (AvgIpc) is 3.03. The molecule has 7 heteroatoms. The van der Waals surface area contributed by atoms with E-state index in [0.29, 0.717) is 5.76 Å². The van der Waals surface area contributed by atoms with Gasteiger partial charge in [0.2, 0.25) is 0 Å². The Kier molecular flexibility index (Phi) is 4.27. The van der Waals surface area contributed by atoms with Gasteiger partial charge in [0, 0.05) is 6.04 Å². The summed E-state index contributed by atoms with van der Waals surface area (Å²) in [6, 6.07) is 2.86. The van der Waals surface area contributed by atoms with E-state index in [2.05, 4.69) is 10.2 Å². The van der Waals surface area contributed by atoms with Gasteiger partial charge in [-0.05, 0) is 45.0 Å². The van der Waals surface area contributed by atoms with Crippen molar-refractivity contribution in [2.24, 2.45) is 0 Å². The number of likely N-dealkylation sites (tertiary alicyclic amines) is 1. The van der Waals surface area contributed by atoms with Gasteiger partial charge in [-0.3, -0.25) is 9.69 Å². The van der Waals surface area contributed by atoms with E-state index in [1.165, 1.54) is 6.42 Å². The fourth-order valence-corrected chi connectivity index (χ4v) is 5.33. The van der Waals surface area contributed by atoms with Crippen LogP contribution in [-0.4, -0.2) is 55.9 Å². The lowest BCUT2D eigenvalue weighted by Gasteiger charge is -2.34. The third-order valence-corrected chi connectivity index (χ3v) is 6.18. The summed E-state index contributed by atoms with van der Waals surface area (Å²) in [6.07, 6.45) is 3.38. The lowest BCUT2D eigenvalue weighted by Crippen LogP contribution is -2.52. The molecule has 3 heterocycles. The van der Waals surface area contributed by atoms with Gasteiger partial charge in [0.05, 0.1) is 17.5 Å². The number of furan rings is 1. The molecular formula is C15H22N2O4S. The molecule has 22 heavy (non-hydrogen) atoms. The number of aryl methyl sites for hydroxylation is 1. The largest absolute Gasteiger partial charge is 0.456 e. The highest BCUT2D eigenvalue weighted by Crippen LogP contribution is 2.22. The Morgan fingerprint density at radius 3 is 2.59 bits per heavy atom. The average molecular weight is 326 g/mol. The third kappa shape index (κ3) is 3.35. The number of nitrogens with one attached hydrogen (secondary N) is 1. The summed E-state index contributed by atoms with van der Waals surface area (Å²) in [4.78, 5) is 14.4. The molecule has 2 aliphatic heterocycles. The zero-order valence-electron chi connectivity index (χ0n) is 12.7. The van der Waals surface area contributed by atoms with Gasteiger partial charge in [0.1, 0.15) is 5.76 Å². The summed E-state index contributed by atoms with van der Waals surface area (Å²) in [5, 5.41) is 2.86. The number of carbonyl (C=O) groups is 1. The molecule has 6 nitrogen and oxygen atoms in total. The number of piperidine rings is 1. The Labute approximate surface area is 130 Å². The van der Waals surface area contributed by atoms with Crippen LogP contribution in [0.4, 0.5) is 0 Å². The minimum Gasteiger partial charge on any atom is -0.456 e. The van der Waals surface area contributed by atoms with Crippen LogP contribution in [0, 0.1) is 6.92 Å². The van der Waals surface area contributed by atoms with E-state index in [1.807, 2.05) is 0 Å². The van der Waals surface area contributed by atoms with E-state index in [1.54, 1.807) is 19.1 Å². The van der Waals surface area contributed by atoms with Crippen molar-refractivity contribution < 1.29 is 17.6 Å². The molecule has 2 atom stereocenters. The van der Waals surface area contributed by atoms with Crippen molar-refractivity contribution >= 4 is 15.7 Å². The Hall–Kier alpha value is -1.34. The van der Waals surface area contributed by atoms with Crippen LogP contribution < -0.4 is 5.32 Å². The lowest BCUT2D eigenvalue weighted by molar-refractivity contribution is 0.0871. The number of sulfone groups is 1. The number of hydrogen-bond donors (Lipinski definition) is 1. The second-order valence-corrected chi connectivity index (χ2v) is 8.38. The zero-order chi connectivity index (χ0) is 15.7. The topological polar surface area (TPSA) is 79.6 Å². The Morgan fingerprint density at radius 1 is 1.23 bits per heavy atom. The molecule has 1 aromatic heterocycles. The van der Waals surface area contributed by atoms with Crippen LogP contribution in [0.5, 0.6) is 0 Å². The highest BCUT2D eigenvalue weighted by atomic mass is 32.2. The van der Waals surface area contributed by atoms with Crippen LogP contribution in [0.2, 0.25) is 0 Å². The van der Waals surface area contributed by atoms with Crippen molar-refractivity contribution in [1.29, 1.82) is 0 Å². The zero-order valence-corrected chi connectivity index (χ0v) is 13.6. The number of carbonyl (C=O) groups excluding carboxylic acids is 1. The van der Waals surface area contributed by atoms with Gasteiger partial charge in [0.15, 0.2) is 15.6 Å². The fraction of sp³-hybridized carbons (Fsp3) is 0.667. The first-order valence-corrected chi connectivity index (χ1v) is 9.58. The summed E-state index contributed by atoms with van der Waals surface area (Å²) in [5.41, 5.74) is 0. The molecule has 0 bridgehead atoms. The molecule has 3 rings (SSSR count). The quantitative estimate of drug-likeness (QED) is 0.895. The summed E-state index contributed by atoms with van der Waals surface area (Å²) in [6.45, 7) is 3.59. The second kappa shape index (κ2) is 6.04. The summed E-state index contributed by atoms with van der Waals surface area (Å²) < 4.78 is 29.3. The smallest absolute Gasteiger partial charge is 0.287 e. The van der Waals surface area contributed by atoms with Gasteiger partial charge in [-0.2, -0.15) is 0 Å². The second-order valence-electron chi connectivity index (χ2n) is 6.23. The minimum atomic E-state index is -3.10. The molecule has 1 N–H and O–H groups in total. The Balaban J connectivity index is 1.73. The predicted octanol–water partition coefficient (Wildman–Crippen LogP) is 0.969. The highest BCUT2D eigenvalue weighted by Gasteiger charge is 2.42. The van der Waals surface area contributed by atoms with Gasteiger partial charge in [-0.25, -0.2) is 8.42 Å². The maximum absolute atomic E-state index is 12.2. The molecule has 122 valence electrons. The fourth-order valence-electron chi connectivity index (χ4n) is 3.37. The molecule has 0 spiro atoms. The van der Waals surface area contributed by atoms with E-state index in [4.69, 9.17) is 4.42 Å². The number of rotatable bonds is 3. The van der Waals surface area contributed by atoms with Crippen molar-refractivity contribution in [3.8, 4) is 0 Å². The van der Waals surface area contributed by atoms with Crippen LogP contribution in [0.1, 0.15) is 35.6 Å². The van der Waals surface area contributed by atoms with E-state index in [0.717, 1.165) is 25.9 Å². The molecular weight excluding hydrogens is 304 g/mol. The van der Waals surface area contributed by atoms with Gasteiger partial charge >= 0.3 is 0 Å². The van der Waals surface area contributed by atoms with Gasteiger partial charge < -0.3 is 9.73 Å². The van der Waals surface area contributed by atoms with Crippen molar-refractivity contribution in [1.82, 2.24) is 10.2 Å². The molecule has 0 radical (unpaired) electrons. The van der Waals surface area contributed by atoms with Gasteiger partial charge in [-0.15, -0.1) is 0 Å². The number of nitrogens with zero attached hydrogens (tertiary/aromatic N) is 1. The lowest BCUT2D eigenvalue weighted by atomic mass is 10.0. The van der Waals surface area contributed by atoms with Crippen molar-refractivity contribution in [2.75, 3.05) is 24.6 Å². The molecule has 2 fully saturated rings. The van der Waals surface area contributed by atoms with Crippen LogP contribution >= 0.6 is 0 Å². The molecule has 2 saturated heterocycles. The van der Waals surface area contributed by atoms with Gasteiger partial charge in [0.25, 0.3) is 5.91 Å². The van der Waals surface area contributed by atoms with Crippen molar-refractivity contribution in [3.05, 3.63) is 23.7 Å². The van der Waals surface area contributed by atoms with Crippen LogP contribution in [0.3, 0.4) is 0 Å². The molecule has 1 aromatic rings. The van der Waals surface area contributed by atoms with E-state index < -0.39 is 9.84 Å². The number of amides is 1. The normalized spacial score (nSPS) is 28.6. The maximum Gasteiger partial charge on any atom is 0.287 e. The summed E-state index contributed by atoms with van der Waals surface area (Å²) in [7, 11) is -3.10. The van der Waals surface area contributed by atoms with E-state index in [-0.39, 0.29) is 35.3 Å². The minimum absolute atomic E-state index is 0.0135. The number of hydrogen-bond acceptors (Lipinski definition) is 5. The molecule has 2 aliphatic rings. The van der Waals surface area contributed by atoms with Crippen LogP contribution in [0.25, 0.3) is 0 Å². The molecule has 1 amide bonds. The summed E-state index contributed by atoms with van der Waals surface area (Å²) >= 11 is 0. The van der Waals surface area contributed by atoms with E-state index in [9.17, 15) is 13.2 Å². The first kappa shape index (κ1) is 15.6.